The number of carbonyl (C=O) groups excluding carboxylic acids is 1. The smallest absolute Gasteiger partial charge is 0.331 e. The van der Waals surface area contributed by atoms with Crippen molar-refractivity contribution >= 4 is 16.7 Å². The fraction of sp³-hybridized carbons (Fsp3) is 0.167. The average Bonchev–Trinajstić information content (AvgIpc) is 2.82. The molecule has 4 rings (SSSR count). The lowest BCUT2D eigenvalue weighted by atomic mass is 10.1. The van der Waals surface area contributed by atoms with Crippen LogP contribution >= 0.6 is 0 Å². The van der Waals surface area contributed by atoms with Crippen molar-refractivity contribution in [2.45, 2.75) is 19.5 Å². The number of benzene rings is 2. The highest BCUT2D eigenvalue weighted by atomic mass is 16.3. The Kier molecular flexibility index (Phi) is 5.86. The van der Waals surface area contributed by atoms with Crippen LogP contribution in [0.2, 0.25) is 0 Å². The predicted octanol–water partition coefficient (Wildman–Crippen LogP) is 2.02. The summed E-state index contributed by atoms with van der Waals surface area (Å²) in [5, 5.41) is 9.48. The minimum absolute atomic E-state index is 0.248. The third-order valence-corrected chi connectivity index (χ3v) is 5.24. The van der Waals surface area contributed by atoms with Gasteiger partial charge in [-0.25, -0.2) is 4.79 Å². The van der Waals surface area contributed by atoms with Crippen molar-refractivity contribution in [1.29, 1.82) is 0 Å². The number of aliphatic hydroxyl groups is 1. The van der Waals surface area contributed by atoms with Gasteiger partial charge in [-0.2, -0.15) is 0 Å². The highest BCUT2D eigenvalue weighted by Crippen LogP contribution is 2.12. The highest BCUT2D eigenvalue weighted by molar-refractivity contribution is 5.96. The van der Waals surface area contributed by atoms with Crippen molar-refractivity contribution in [3.05, 3.63) is 111 Å². The Hall–Kier alpha value is -3.84. The monoisotopic (exact) mass is 415 g/mol. The van der Waals surface area contributed by atoms with Gasteiger partial charge >= 0.3 is 5.69 Å². The SMILES string of the molecule is O=C(CO)c1ccc(Cn2c(=O)n(CCc3cccnc3)c(=O)c3ccccc32)cc1. The fourth-order valence-electron chi connectivity index (χ4n) is 3.58. The molecule has 0 fully saturated rings. The minimum Gasteiger partial charge on any atom is -0.388 e. The Morgan fingerprint density at radius 1 is 0.903 bits per heavy atom. The fourth-order valence-corrected chi connectivity index (χ4v) is 3.58. The van der Waals surface area contributed by atoms with Gasteiger partial charge in [0.2, 0.25) is 0 Å². The molecule has 7 heteroatoms. The van der Waals surface area contributed by atoms with E-state index in [1.54, 1.807) is 65.5 Å². The molecule has 7 nitrogen and oxygen atoms in total. The van der Waals surface area contributed by atoms with Crippen molar-refractivity contribution < 1.29 is 9.90 Å². The van der Waals surface area contributed by atoms with E-state index in [1.807, 2.05) is 12.1 Å². The Bertz CT molecular complexity index is 1340. The number of pyridine rings is 1. The molecule has 0 saturated heterocycles. The molecule has 0 unspecified atom stereocenters. The van der Waals surface area contributed by atoms with Crippen LogP contribution in [-0.4, -0.2) is 31.6 Å². The second-order valence-electron chi connectivity index (χ2n) is 7.23. The number of aromatic nitrogens is 3. The van der Waals surface area contributed by atoms with Crippen LogP contribution in [0.25, 0.3) is 10.9 Å². The molecule has 2 heterocycles. The van der Waals surface area contributed by atoms with E-state index in [4.69, 9.17) is 5.11 Å². The molecular formula is C24H21N3O4. The van der Waals surface area contributed by atoms with Crippen LogP contribution in [0.15, 0.2) is 82.6 Å². The number of nitrogens with zero attached hydrogens (tertiary/aromatic N) is 3. The molecule has 0 aliphatic carbocycles. The first kappa shape index (κ1) is 20.4. The number of fused-ring (bicyclic) bond motifs is 1. The Morgan fingerprint density at radius 3 is 2.39 bits per heavy atom. The Morgan fingerprint density at radius 2 is 1.68 bits per heavy atom. The van der Waals surface area contributed by atoms with Gasteiger partial charge in [-0.05, 0) is 35.7 Å². The van der Waals surface area contributed by atoms with E-state index in [1.165, 1.54) is 4.57 Å². The van der Waals surface area contributed by atoms with E-state index in [2.05, 4.69) is 4.98 Å². The van der Waals surface area contributed by atoms with Crippen molar-refractivity contribution in [2.75, 3.05) is 6.61 Å². The summed E-state index contributed by atoms with van der Waals surface area (Å²) in [5.41, 5.74) is 2.01. The van der Waals surface area contributed by atoms with E-state index >= 15 is 0 Å². The summed E-state index contributed by atoms with van der Waals surface area (Å²) in [7, 11) is 0. The number of Topliss-reactive ketones (excluding diaryl/α,β-unsaturated/α-hetero) is 1. The quantitative estimate of drug-likeness (QED) is 0.466. The van der Waals surface area contributed by atoms with Gasteiger partial charge in [-0.3, -0.25) is 23.7 Å². The number of ketones is 1. The molecule has 2 aromatic heterocycles. The predicted molar refractivity (Wildman–Crippen MR) is 117 cm³/mol. The minimum atomic E-state index is -0.550. The topological polar surface area (TPSA) is 94.2 Å². The van der Waals surface area contributed by atoms with E-state index in [9.17, 15) is 14.4 Å². The normalized spacial score (nSPS) is 11.0. The maximum Gasteiger partial charge on any atom is 0.331 e. The number of carbonyl (C=O) groups is 1. The zero-order chi connectivity index (χ0) is 21.8. The van der Waals surface area contributed by atoms with E-state index in [0.29, 0.717) is 22.9 Å². The van der Waals surface area contributed by atoms with Gasteiger partial charge in [0.05, 0.1) is 17.4 Å². The third-order valence-electron chi connectivity index (χ3n) is 5.24. The highest BCUT2D eigenvalue weighted by Gasteiger charge is 2.14. The van der Waals surface area contributed by atoms with Crippen molar-refractivity contribution in [3.8, 4) is 0 Å². The van der Waals surface area contributed by atoms with Crippen LogP contribution in [0.5, 0.6) is 0 Å². The molecule has 1 N–H and O–H groups in total. The summed E-state index contributed by atoms with van der Waals surface area (Å²) in [5.74, 6) is -0.363. The van der Waals surface area contributed by atoms with Crippen LogP contribution in [0.1, 0.15) is 21.5 Å². The van der Waals surface area contributed by atoms with Crippen molar-refractivity contribution in [3.63, 3.8) is 0 Å². The molecule has 0 amide bonds. The molecule has 31 heavy (non-hydrogen) atoms. The van der Waals surface area contributed by atoms with E-state index in [-0.39, 0.29) is 30.1 Å². The number of aryl methyl sites for hydroxylation is 1. The van der Waals surface area contributed by atoms with E-state index < -0.39 is 6.61 Å². The van der Waals surface area contributed by atoms with Crippen LogP contribution in [-0.2, 0) is 19.5 Å². The number of hydrogen-bond acceptors (Lipinski definition) is 5. The molecule has 0 aliphatic heterocycles. The molecule has 2 aromatic carbocycles. The number of rotatable bonds is 7. The first-order chi connectivity index (χ1) is 15.1. The van der Waals surface area contributed by atoms with Gasteiger partial charge < -0.3 is 5.11 Å². The van der Waals surface area contributed by atoms with E-state index in [0.717, 1.165) is 11.1 Å². The molecule has 0 radical (unpaired) electrons. The summed E-state index contributed by atoms with van der Waals surface area (Å²) >= 11 is 0. The second-order valence-corrected chi connectivity index (χ2v) is 7.23. The van der Waals surface area contributed by atoms with Gasteiger partial charge in [-0.15, -0.1) is 0 Å². The average molecular weight is 415 g/mol. The summed E-state index contributed by atoms with van der Waals surface area (Å²) in [4.78, 5) is 42.0. The van der Waals surface area contributed by atoms with Gasteiger partial charge in [0.15, 0.2) is 5.78 Å². The number of para-hydroxylation sites is 1. The van der Waals surface area contributed by atoms with Gasteiger partial charge in [0.1, 0.15) is 6.61 Å². The maximum absolute atomic E-state index is 13.3. The lowest BCUT2D eigenvalue weighted by Crippen LogP contribution is -2.40. The van der Waals surface area contributed by atoms with Gasteiger partial charge in [0.25, 0.3) is 5.56 Å². The Balaban J connectivity index is 1.74. The lowest BCUT2D eigenvalue weighted by molar-refractivity contribution is 0.0903. The molecule has 0 bridgehead atoms. The number of hydrogen-bond donors (Lipinski definition) is 1. The standard InChI is InChI=1S/C24H21N3O4/c28-16-22(29)19-9-7-18(8-10-19)15-27-21-6-2-1-5-20(21)23(30)26(24(27)31)13-11-17-4-3-12-25-14-17/h1-10,12,14,28H,11,13,15-16H2. The first-order valence-electron chi connectivity index (χ1n) is 9.93. The molecule has 0 saturated carbocycles. The molecule has 0 atom stereocenters. The maximum atomic E-state index is 13.3. The molecule has 0 spiro atoms. The molecule has 0 aliphatic rings. The van der Waals surface area contributed by atoms with Crippen molar-refractivity contribution in [1.82, 2.24) is 14.1 Å². The third kappa shape index (κ3) is 4.22. The summed E-state index contributed by atoms with van der Waals surface area (Å²) in [6.07, 6.45) is 3.91. The summed E-state index contributed by atoms with van der Waals surface area (Å²) in [6.45, 7) is -0.0520. The van der Waals surface area contributed by atoms with Crippen LogP contribution in [0, 0.1) is 0 Å². The second kappa shape index (κ2) is 8.89. The molecular weight excluding hydrogens is 394 g/mol. The van der Waals surface area contributed by atoms with Crippen molar-refractivity contribution in [2.24, 2.45) is 0 Å². The zero-order valence-electron chi connectivity index (χ0n) is 16.8. The summed E-state index contributed by atoms with van der Waals surface area (Å²) in [6, 6.07) is 17.5. The zero-order valence-corrected chi connectivity index (χ0v) is 16.8. The molecule has 4 aromatic rings. The lowest BCUT2D eigenvalue weighted by Gasteiger charge is -2.14. The first-order valence-corrected chi connectivity index (χ1v) is 9.93. The van der Waals surface area contributed by atoms with Gasteiger partial charge in [-0.1, -0.05) is 42.5 Å². The summed E-state index contributed by atoms with van der Waals surface area (Å²) < 4.78 is 2.84. The van der Waals surface area contributed by atoms with Crippen LogP contribution in [0.4, 0.5) is 0 Å². The molecule has 156 valence electrons. The van der Waals surface area contributed by atoms with Crippen LogP contribution < -0.4 is 11.2 Å². The van der Waals surface area contributed by atoms with Crippen LogP contribution in [0.3, 0.4) is 0 Å². The van der Waals surface area contributed by atoms with Gasteiger partial charge in [0, 0.05) is 24.5 Å². The Labute approximate surface area is 177 Å². The number of aliphatic hydroxyl groups excluding tert-OH is 1. The largest absolute Gasteiger partial charge is 0.388 e.